The average Bonchev–Trinajstić information content (AvgIpc) is 2.83. The highest BCUT2D eigenvalue weighted by atomic mass is 32.2. The lowest BCUT2D eigenvalue weighted by molar-refractivity contribution is -0.384. The molecule has 0 saturated carbocycles. The molecule has 0 spiro atoms. The smallest absolute Gasteiger partial charge is 0.269 e. The molecule has 1 aliphatic heterocycles. The first-order valence-electron chi connectivity index (χ1n) is 10.3. The number of nitrogens with one attached hydrogen (secondary N) is 2. The minimum atomic E-state index is -0.474. The van der Waals surface area contributed by atoms with Gasteiger partial charge in [0.05, 0.1) is 21.5 Å². The van der Waals surface area contributed by atoms with Crippen LogP contribution in [-0.4, -0.2) is 34.4 Å². The molecule has 0 aromatic heterocycles. The summed E-state index contributed by atoms with van der Waals surface area (Å²) in [5.74, 6) is -0.832. The number of carbonyl (C=O) groups excluding carboxylic acids is 3. The number of fused-ring (bicyclic) bond motifs is 1. The van der Waals surface area contributed by atoms with Crippen molar-refractivity contribution in [1.82, 2.24) is 0 Å². The first-order valence-corrected chi connectivity index (χ1v) is 11.2. The molecule has 1 heterocycles. The van der Waals surface area contributed by atoms with Crippen LogP contribution in [-0.2, 0) is 9.59 Å². The van der Waals surface area contributed by atoms with Crippen molar-refractivity contribution in [3.8, 4) is 0 Å². The van der Waals surface area contributed by atoms with Gasteiger partial charge in [-0.3, -0.25) is 29.4 Å². The first kappa shape index (κ1) is 23.0. The van der Waals surface area contributed by atoms with Gasteiger partial charge in [-0.25, -0.2) is 0 Å². The number of amides is 3. The Kier molecular flexibility index (Phi) is 6.60. The molecule has 0 fully saturated rings. The van der Waals surface area contributed by atoms with Crippen molar-refractivity contribution in [2.45, 2.75) is 17.1 Å². The van der Waals surface area contributed by atoms with Gasteiger partial charge in [-0.05, 0) is 55.5 Å². The lowest BCUT2D eigenvalue weighted by Gasteiger charge is -2.29. The SMILES string of the molecule is CC(Sc1ccc([N+](=O)[O-])cc1)C(=O)Nc1ccc(C(=O)N2CC(=O)Nc3ccccc32)cc1. The van der Waals surface area contributed by atoms with Gasteiger partial charge < -0.3 is 10.6 Å². The molecule has 1 aliphatic rings. The summed E-state index contributed by atoms with van der Waals surface area (Å²) in [7, 11) is 0. The maximum Gasteiger partial charge on any atom is 0.269 e. The van der Waals surface area contributed by atoms with E-state index in [0.717, 1.165) is 4.90 Å². The Hall–Kier alpha value is -4.18. The van der Waals surface area contributed by atoms with Crippen molar-refractivity contribution < 1.29 is 19.3 Å². The monoisotopic (exact) mass is 476 g/mol. The van der Waals surface area contributed by atoms with Crippen LogP contribution in [0.5, 0.6) is 0 Å². The topological polar surface area (TPSA) is 122 Å². The fourth-order valence-electron chi connectivity index (χ4n) is 3.41. The number of non-ortho nitro benzene ring substituents is 1. The fraction of sp³-hybridized carbons (Fsp3) is 0.125. The van der Waals surface area contributed by atoms with Gasteiger partial charge in [-0.15, -0.1) is 11.8 Å². The fourth-order valence-corrected chi connectivity index (χ4v) is 4.28. The standard InChI is InChI=1S/C24H20N4O5S/c1-15(34-19-12-10-18(11-13-19)28(32)33)23(30)25-17-8-6-16(7-9-17)24(31)27-14-22(29)26-20-4-2-3-5-21(20)27/h2-13,15H,14H2,1H3,(H,25,30)(H,26,29). The van der Waals surface area contributed by atoms with Crippen LogP contribution < -0.4 is 15.5 Å². The molecule has 9 nitrogen and oxygen atoms in total. The highest BCUT2D eigenvalue weighted by Gasteiger charge is 2.27. The third-order valence-electron chi connectivity index (χ3n) is 5.14. The highest BCUT2D eigenvalue weighted by molar-refractivity contribution is 8.00. The predicted octanol–water partition coefficient (Wildman–Crippen LogP) is 4.31. The first-order chi connectivity index (χ1) is 16.3. The number of rotatable bonds is 6. The lowest BCUT2D eigenvalue weighted by Crippen LogP contribution is -2.42. The van der Waals surface area contributed by atoms with Crippen molar-refractivity contribution in [2.75, 3.05) is 22.1 Å². The number of nitro groups is 1. The molecular formula is C24H20N4O5S. The Morgan fingerprint density at radius 1 is 1.06 bits per heavy atom. The second kappa shape index (κ2) is 9.75. The van der Waals surface area contributed by atoms with Crippen molar-refractivity contribution >= 4 is 52.2 Å². The average molecular weight is 477 g/mol. The summed E-state index contributed by atoms with van der Waals surface area (Å²) in [5, 5.41) is 15.9. The van der Waals surface area contributed by atoms with E-state index in [4.69, 9.17) is 0 Å². The summed E-state index contributed by atoms with van der Waals surface area (Å²) in [6.07, 6.45) is 0. The van der Waals surface area contributed by atoms with E-state index >= 15 is 0 Å². The molecule has 10 heteroatoms. The van der Waals surface area contributed by atoms with Crippen LogP contribution in [0.2, 0.25) is 0 Å². The number of nitrogens with zero attached hydrogens (tertiary/aromatic N) is 2. The Balaban J connectivity index is 1.39. The summed E-state index contributed by atoms with van der Waals surface area (Å²) in [5.41, 5.74) is 2.10. The Morgan fingerprint density at radius 2 is 1.74 bits per heavy atom. The second-order valence-electron chi connectivity index (χ2n) is 7.53. The van der Waals surface area contributed by atoms with E-state index in [2.05, 4.69) is 10.6 Å². The van der Waals surface area contributed by atoms with Gasteiger partial charge >= 0.3 is 0 Å². The van der Waals surface area contributed by atoms with Gasteiger partial charge in [-0.2, -0.15) is 0 Å². The van der Waals surface area contributed by atoms with E-state index in [-0.39, 0.29) is 30.0 Å². The number of thioether (sulfide) groups is 1. The van der Waals surface area contributed by atoms with Gasteiger partial charge in [-0.1, -0.05) is 12.1 Å². The Bertz CT molecular complexity index is 1260. The van der Waals surface area contributed by atoms with Crippen LogP contribution >= 0.6 is 11.8 Å². The molecule has 0 radical (unpaired) electrons. The van der Waals surface area contributed by atoms with Gasteiger partial charge in [0.2, 0.25) is 11.8 Å². The largest absolute Gasteiger partial charge is 0.325 e. The van der Waals surface area contributed by atoms with E-state index in [1.165, 1.54) is 28.8 Å². The zero-order valence-corrected chi connectivity index (χ0v) is 18.9. The highest BCUT2D eigenvalue weighted by Crippen LogP contribution is 2.30. The number of anilines is 3. The van der Waals surface area contributed by atoms with Crippen LogP contribution in [0.3, 0.4) is 0 Å². The second-order valence-corrected chi connectivity index (χ2v) is 8.95. The zero-order chi connectivity index (χ0) is 24.2. The summed E-state index contributed by atoms with van der Waals surface area (Å²) in [4.78, 5) is 50.1. The van der Waals surface area contributed by atoms with Crippen LogP contribution in [0.4, 0.5) is 22.7 Å². The van der Waals surface area contributed by atoms with E-state index < -0.39 is 10.2 Å². The number of hydrogen-bond acceptors (Lipinski definition) is 6. The maximum atomic E-state index is 13.0. The van der Waals surface area contributed by atoms with Gasteiger partial charge in [0, 0.05) is 28.3 Å². The quantitative estimate of drug-likeness (QED) is 0.311. The van der Waals surface area contributed by atoms with E-state index in [1.807, 2.05) is 0 Å². The van der Waals surface area contributed by atoms with Gasteiger partial charge in [0.25, 0.3) is 11.6 Å². The minimum absolute atomic E-state index is 0.00948. The van der Waals surface area contributed by atoms with Gasteiger partial charge in [0.15, 0.2) is 0 Å². The molecule has 0 saturated heterocycles. The maximum absolute atomic E-state index is 13.0. The van der Waals surface area contributed by atoms with Crippen molar-refractivity contribution in [1.29, 1.82) is 0 Å². The zero-order valence-electron chi connectivity index (χ0n) is 18.1. The third-order valence-corrected chi connectivity index (χ3v) is 6.26. The number of carbonyl (C=O) groups is 3. The van der Waals surface area contributed by atoms with E-state index in [0.29, 0.717) is 22.6 Å². The molecule has 3 aromatic carbocycles. The van der Waals surface area contributed by atoms with Crippen molar-refractivity contribution in [3.05, 3.63) is 88.5 Å². The van der Waals surface area contributed by atoms with Crippen LogP contribution in [0.15, 0.2) is 77.7 Å². The predicted molar refractivity (Wildman–Crippen MR) is 130 cm³/mol. The summed E-state index contributed by atoms with van der Waals surface area (Å²) >= 11 is 1.28. The van der Waals surface area contributed by atoms with Crippen molar-refractivity contribution in [3.63, 3.8) is 0 Å². The molecule has 1 unspecified atom stereocenters. The Morgan fingerprint density at radius 3 is 2.41 bits per heavy atom. The number of para-hydroxylation sites is 2. The Labute approximate surface area is 199 Å². The molecular weight excluding hydrogens is 456 g/mol. The molecule has 3 aromatic rings. The number of hydrogen-bond donors (Lipinski definition) is 2. The molecule has 172 valence electrons. The molecule has 1 atom stereocenters. The van der Waals surface area contributed by atoms with Crippen LogP contribution in [0, 0.1) is 10.1 Å². The van der Waals surface area contributed by atoms with Crippen LogP contribution in [0.25, 0.3) is 0 Å². The van der Waals surface area contributed by atoms with Gasteiger partial charge in [0.1, 0.15) is 6.54 Å². The van der Waals surface area contributed by atoms with E-state index in [9.17, 15) is 24.5 Å². The molecule has 0 aliphatic carbocycles. The van der Waals surface area contributed by atoms with Crippen molar-refractivity contribution in [2.24, 2.45) is 0 Å². The van der Waals surface area contributed by atoms with E-state index in [1.54, 1.807) is 67.6 Å². The number of benzene rings is 3. The molecule has 4 rings (SSSR count). The molecule has 2 N–H and O–H groups in total. The minimum Gasteiger partial charge on any atom is -0.325 e. The summed E-state index contributed by atoms with van der Waals surface area (Å²) in [6.45, 7) is 1.66. The summed E-state index contributed by atoms with van der Waals surface area (Å²) < 4.78 is 0. The summed E-state index contributed by atoms with van der Waals surface area (Å²) in [6, 6.07) is 19.5. The number of nitro benzene ring substituents is 1. The molecule has 0 bridgehead atoms. The molecule has 3 amide bonds. The third kappa shape index (κ3) is 5.07. The molecule has 34 heavy (non-hydrogen) atoms. The normalized spacial score (nSPS) is 13.4. The lowest BCUT2D eigenvalue weighted by atomic mass is 10.1. The van der Waals surface area contributed by atoms with Crippen LogP contribution in [0.1, 0.15) is 17.3 Å².